The topological polar surface area (TPSA) is 49.4 Å². The molecular weight excluding hydrogens is 252 g/mol. The zero-order valence-corrected chi connectivity index (χ0v) is 11.5. The molecule has 2 rings (SSSR count). The van der Waals surface area contributed by atoms with E-state index >= 15 is 0 Å². The van der Waals surface area contributed by atoms with Crippen LogP contribution in [0.25, 0.3) is 0 Å². The third-order valence-corrected chi connectivity index (χ3v) is 3.47. The Kier molecular flexibility index (Phi) is 4.41. The van der Waals surface area contributed by atoms with E-state index in [9.17, 15) is 9.59 Å². The minimum atomic E-state index is -0.527. The molecule has 0 bridgehead atoms. The monoisotopic (exact) mass is 270 g/mol. The molecule has 1 aliphatic heterocycles. The Morgan fingerprint density at radius 2 is 2.10 bits per heavy atom. The van der Waals surface area contributed by atoms with Crippen molar-refractivity contribution in [2.45, 2.75) is 31.8 Å². The normalized spacial score (nSPS) is 20.2. The second-order valence-corrected chi connectivity index (χ2v) is 4.87. The summed E-state index contributed by atoms with van der Waals surface area (Å²) in [7, 11) is 0. The molecule has 20 heavy (non-hydrogen) atoms. The van der Waals surface area contributed by atoms with E-state index in [0.717, 1.165) is 5.56 Å². The predicted molar refractivity (Wildman–Crippen MR) is 76.7 cm³/mol. The van der Waals surface area contributed by atoms with Gasteiger partial charge in [0.05, 0.1) is 6.04 Å². The van der Waals surface area contributed by atoms with Crippen LogP contribution in [0.1, 0.15) is 18.9 Å². The molecule has 1 N–H and O–H groups in total. The van der Waals surface area contributed by atoms with Gasteiger partial charge in [0.15, 0.2) is 0 Å². The van der Waals surface area contributed by atoms with Crippen molar-refractivity contribution in [1.82, 2.24) is 10.2 Å². The van der Waals surface area contributed by atoms with E-state index in [1.165, 1.54) is 4.90 Å². The number of rotatable bonds is 4. The lowest BCUT2D eigenvalue weighted by atomic mass is 10.0. The van der Waals surface area contributed by atoms with Crippen molar-refractivity contribution in [1.29, 1.82) is 0 Å². The number of hydrogen-bond acceptors (Lipinski definition) is 2. The molecule has 2 atom stereocenters. The van der Waals surface area contributed by atoms with Gasteiger partial charge < -0.3 is 10.2 Å². The summed E-state index contributed by atoms with van der Waals surface area (Å²) in [5, 5.41) is 2.75. The highest BCUT2D eigenvalue weighted by Crippen LogP contribution is 2.13. The first-order valence-corrected chi connectivity index (χ1v) is 6.75. The van der Waals surface area contributed by atoms with Crippen LogP contribution in [-0.4, -0.2) is 35.3 Å². The van der Waals surface area contributed by atoms with Crippen molar-refractivity contribution in [3.63, 3.8) is 0 Å². The van der Waals surface area contributed by atoms with Crippen LogP contribution in [-0.2, 0) is 16.0 Å². The fourth-order valence-electron chi connectivity index (χ4n) is 2.41. The Morgan fingerprint density at radius 1 is 1.40 bits per heavy atom. The van der Waals surface area contributed by atoms with Gasteiger partial charge in [-0.2, -0.15) is 0 Å². The third kappa shape index (κ3) is 3.00. The van der Waals surface area contributed by atoms with Gasteiger partial charge >= 0.3 is 0 Å². The van der Waals surface area contributed by atoms with E-state index in [0.29, 0.717) is 12.8 Å². The summed E-state index contributed by atoms with van der Waals surface area (Å²) in [6, 6.07) is 8.79. The maximum atomic E-state index is 12.5. The largest absolute Gasteiger partial charge is 0.342 e. The Morgan fingerprint density at radius 3 is 2.70 bits per heavy atom. The molecule has 0 aromatic heterocycles. The van der Waals surface area contributed by atoms with Gasteiger partial charge in [-0.3, -0.25) is 9.59 Å². The second kappa shape index (κ2) is 6.25. The Hall–Kier alpha value is -2.28. The van der Waals surface area contributed by atoms with Gasteiger partial charge in [0.25, 0.3) is 0 Å². The van der Waals surface area contributed by atoms with E-state index in [1.54, 1.807) is 0 Å². The molecular formula is C16H18N2O2. The van der Waals surface area contributed by atoms with Gasteiger partial charge in [0.2, 0.25) is 11.8 Å². The number of terminal acetylenes is 1. The van der Waals surface area contributed by atoms with Gasteiger partial charge in [-0.05, 0) is 12.0 Å². The highest BCUT2D eigenvalue weighted by molar-refractivity contribution is 5.95. The maximum Gasteiger partial charge on any atom is 0.246 e. The van der Waals surface area contributed by atoms with E-state index in [4.69, 9.17) is 6.42 Å². The smallest absolute Gasteiger partial charge is 0.246 e. The van der Waals surface area contributed by atoms with Crippen LogP contribution in [0, 0.1) is 12.3 Å². The van der Waals surface area contributed by atoms with E-state index < -0.39 is 6.04 Å². The standard InChI is InChI=1S/C16H18N2O2/c1-3-13(4-2)18-11-15(19)17-14(16(18)20)10-12-8-6-5-7-9-12/h1,5-9,13-14H,4,10-11H2,2H3,(H,17,19). The number of hydrogen-bond donors (Lipinski definition) is 1. The summed E-state index contributed by atoms with van der Waals surface area (Å²) in [5.74, 6) is 2.33. The van der Waals surface area contributed by atoms with Crippen molar-refractivity contribution < 1.29 is 9.59 Å². The lowest BCUT2D eigenvalue weighted by Crippen LogP contribution is -2.61. The lowest BCUT2D eigenvalue weighted by molar-refractivity contribution is -0.145. The number of amides is 2. The van der Waals surface area contributed by atoms with Crippen molar-refractivity contribution in [2.24, 2.45) is 0 Å². The van der Waals surface area contributed by atoms with Crippen LogP contribution in [0.5, 0.6) is 0 Å². The lowest BCUT2D eigenvalue weighted by Gasteiger charge is -2.35. The average molecular weight is 270 g/mol. The summed E-state index contributed by atoms with van der Waals surface area (Å²) in [5.41, 5.74) is 1.02. The van der Waals surface area contributed by atoms with Crippen LogP contribution >= 0.6 is 0 Å². The molecule has 1 aromatic carbocycles. The summed E-state index contributed by atoms with van der Waals surface area (Å²) in [4.78, 5) is 25.7. The molecule has 2 unspecified atom stereocenters. The van der Waals surface area contributed by atoms with Crippen molar-refractivity contribution in [3.8, 4) is 12.3 Å². The Labute approximate surface area is 119 Å². The zero-order chi connectivity index (χ0) is 14.5. The minimum absolute atomic E-state index is 0.0484. The second-order valence-electron chi connectivity index (χ2n) is 4.87. The third-order valence-electron chi connectivity index (χ3n) is 3.47. The first kappa shape index (κ1) is 14.1. The summed E-state index contributed by atoms with van der Waals surface area (Å²) >= 11 is 0. The Balaban J connectivity index is 2.15. The van der Waals surface area contributed by atoms with Crippen LogP contribution in [0.15, 0.2) is 30.3 Å². The molecule has 0 aliphatic carbocycles. The van der Waals surface area contributed by atoms with Gasteiger partial charge in [0, 0.05) is 6.42 Å². The zero-order valence-electron chi connectivity index (χ0n) is 11.5. The fourth-order valence-corrected chi connectivity index (χ4v) is 2.41. The van der Waals surface area contributed by atoms with Gasteiger partial charge in [0.1, 0.15) is 12.6 Å². The maximum absolute atomic E-state index is 12.5. The molecule has 1 aliphatic rings. The molecule has 104 valence electrons. The number of carbonyl (C=O) groups excluding carboxylic acids is 2. The summed E-state index contributed by atoms with van der Waals surface area (Å²) in [6.07, 6.45) is 6.58. The average Bonchev–Trinajstić information content (AvgIpc) is 2.46. The highest BCUT2D eigenvalue weighted by Gasteiger charge is 2.35. The van der Waals surface area contributed by atoms with Gasteiger partial charge in [-0.15, -0.1) is 6.42 Å². The number of nitrogens with one attached hydrogen (secondary N) is 1. The molecule has 1 heterocycles. The van der Waals surface area contributed by atoms with Crippen molar-refractivity contribution in [2.75, 3.05) is 6.54 Å². The number of carbonyl (C=O) groups is 2. The first-order valence-electron chi connectivity index (χ1n) is 6.75. The fraction of sp³-hybridized carbons (Fsp3) is 0.375. The molecule has 1 aromatic rings. The molecule has 0 spiro atoms. The predicted octanol–water partition coefficient (Wildman–Crippen LogP) is 0.968. The van der Waals surface area contributed by atoms with Crippen molar-refractivity contribution >= 4 is 11.8 Å². The van der Waals surface area contributed by atoms with Crippen LogP contribution in [0.3, 0.4) is 0 Å². The quantitative estimate of drug-likeness (QED) is 0.829. The molecule has 1 fully saturated rings. The van der Waals surface area contributed by atoms with E-state index in [2.05, 4.69) is 11.2 Å². The number of nitrogens with zero attached hydrogens (tertiary/aromatic N) is 1. The summed E-state index contributed by atoms with van der Waals surface area (Å²) in [6.45, 7) is 1.96. The van der Waals surface area contributed by atoms with Crippen LogP contribution in [0.2, 0.25) is 0 Å². The van der Waals surface area contributed by atoms with Crippen LogP contribution in [0.4, 0.5) is 0 Å². The van der Waals surface area contributed by atoms with E-state index in [1.807, 2.05) is 37.3 Å². The molecule has 1 saturated heterocycles. The summed E-state index contributed by atoms with van der Waals surface area (Å²) < 4.78 is 0. The number of benzene rings is 1. The number of piperazine rings is 1. The first-order chi connectivity index (χ1) is 9.65. The van der Waals surface area contributed by atoms with Crippen molar-refractivity contribution in [3.05, 3.63) is 35.9 Å². The van der Waals surface area contributed by atoms with Gasteiger partial charge in [-0.25, -0.2) is 0 Å². The Bertz CT molecular complexity index is 533. The molecule has 2 amide bonds. The molecule has 0 saturated carbocycles. The molecule has 0 radical (unpaired) electrons. The van der Waals surface area contributed by atoms with E-state index in [-0.39, 0.29) is 24.4 Å². The SMILES string of the molecule is C#CC(CC)N1CC(=O)NC(Cc2ccccc2)C1=O. The van der Waals surface area contributed by atoms with Crippen LogP contribution < -0.4 is 5.32 Å². The minimum Gasteiger partial charge on any atom is -0.342 e. The molecule has 4 nitrogen and oxygen atoms in total. The highest BCUT2D eigenvalue weighted by atomic mass is 16.2. The molecule has 4 heteroatoms. The van der Waals surface area contributed by atoms with Gasteiger partial charge in [-0.1, -0.05) is 43.2 Å².